The maximum Gasteiger partial charge on any atom is 0.390 e. The molecule has 0 bridgehead atoms. The van der Waals surface area contributed by atoms with Gasteiger partial charge in [0.15, 0.2) is 0 Å². The van der Waals surface area contributed by atoms with E-state index in [1.165, 1.54) is 12.8 Å². The van der Waals surface area contributed by atoms with Crippen LogP contribution >= 0.6 is 0 Å². The molecular formula is C12H23F3N2. The molecule has 0 saturated heterocycles. The molecule has 102 valence electrons. The van der Waals surface area contributed by atoms with E-state index in [4.69, 9.17) is 5.73 Å². The van der Waals surface area contributed by atoms with Gasteiger partial charge in [0, 0.05) is 13.1 Å². The SMILES string of the molecule is NCC1(CNCCC(F)(F)F)CCCCCC1. The number of alkyl halides is 3. The van der Waals surface area contributed by atoms with Gasteiger partial charge in [-0.2, -0.15) is 13.2 Å². The molecule has 0 aliphatic heterocycles. The van der Waals surface area contributed by atoms with Crippen molar-refractivity contribution < 1.29 is 13.2 Å². The van der Waals surface area contributed by atoms with Gasteiger partial charge in [-0.05, 0) is 24.8 Å². The van der Waals surface area contributed by atoms with Gasteiger partial charge in [0.2, 0.25) is 0 Å². The van der Waals surface area contributed by atoms with E-state index in [0.29, 0.717) is 13.1 Å². The summed E-state index contributed by atoms with van der Waals surface area (Å²) < 4.78 is 36.0. The highest BCUT2D eigenvalue weighted by Gasteiger charge is 2.30. The van der Waals surface area contributed by atoms with Gasteiger partial charge in [-0.15, -0.1) is 0 Å². The summed E-state index contributed by atoms with van der Waals surface area (Å²) in [4.78, 5) is 0. The average Bonchev–Trinajstić information content (AvgIpc) is 2.49. The summed E-state index contributed by atoms with van der Waals surface area (Å²) in [5, 5.41) is 2.93. The Morgan fingerprint density at radius 3 is 2.12 bits per heavy atom. The molecule has 0 aromatic rings. The first-order valence-corrected chi connectivity index (χ1v) is 6.45. The third kappa shape index (κ3) is 5.73. The second-order valence-electron chi connectivity index (χ2n) is 5.16. The molecule has 17 heavy (non-hydrogen) atoms. The molecule has 1 fully saturated rings. The molecule has 0 heterocycles. The molecule has 0 radical (unpaired) electrons. The Bertz CT molecular complexity index is 208. The highest BCUT2D eigenvalue weighted by molar-refractivity contribution is 4.84. The van der Waals surface area contributed by atoms with Crippen LogP contribution in [0.4, 0.5) is 13.2 Å². The Morgan fingerprint density at radius 1 is 1.06 bits per heavy atom. The van der Waals surface area contributed by atoms with Crippen molar-refractivity contribution in [3.05, 3.63) is 0 Å². The van der Waals surface area contributed by atoms with E-state index >= 15 is 0 Å². The molecule has 3 N–H and O–H groups in total. The molecule has 1 rings (SSSR count). The van der Waals surface area contributed by atoms with E-state index in [1.807, 2.05) is 0 Å². The van der Waals surface area contributed by atoms with Gasteiger partial charge in [0.25, 0.3) is 0 Å². The lowest BCUT2D eigenvalue weighted by molar-refractivity contribution is -0.133. The molecule has 0 aromatic heterocycles. The second-order valence-corrected chi connectivity index (χ2v) is 5.16. The standard InChI is InChI=1S/C12H23F3N2/c13-12(14,15)7-8-17-10-11(9-16)5-3-1-2-4-6-11/h17H,1-10,16H2. The Hall–Kier alpha value is -0.290. The van der Waals surface area contributed by atoms with E-state index in [0.717, 1.165) is 25.7 Å². The molecule has 0 aromatic carbocycles. The quantitative estimate of drug-likeness (QED) is 0.583. The van der Waals surface area contributed by atoms with Crippen LogP contribution in [0.1, 0.15) is 44.9 Å². The molecule has 1 aliphatic rings. The van der Waals surface area contributed by atoms with Gasteiger partial charge in [-0.3, -0.25) is 0 Å². The molecule has 0 unspecified atom stereocenters. The zero-order valence-corrected chi connectivity index (χ0v) is 10.3. The fourth-order valence-electron chi connectivity index (χ4n) is 2.52. The van der Waals surface area contributed by atoms with Crippen LogP contribution in [0.2, 0.25) is 0 Å². The van der Waals surface area contributed by atoms with E-state index in [9.17, 15) is 13.2 Å². The average molecular weight is 252 g/mol. The zero-order valence-electron chi connectivity index (χ0n) is 10.3. The predicted octanol–water partition coefficient (Wildman–Crippen LogP) is 2.83. The van der Waals surface area contributed by atoms with Gasteiger partial charge in [0.05, 0.1) is 6.42 Å². The van der Waals surface area contributed by atoms with Crippen molar-refractivity contribution in [1.29, 1.82) is 0 Å². The molecule has 1 aliphatic carbocycles. The van der Waals surface area contributed by atoms with Crippen molar-refractivity contribution in [3.8, 4) is 0 Å². The van der Waals surface area contributed by atoms with Crippen LogP contribution in [0, 0.1) is 5.41 Å². The van der Waals surface area contributed by atoms with Gasteiger partial charge in [-0.1, -0.05) is 25.7 Å². The van der Waals surface area contributed by atoms with Crippen LogP contribution < -0.4 is 11.1 Å². The Balaban J connectivity index is 2.30. The van der Waals surface area contributed by atoms with Crippen LogP contribution in [-0.4, -0.2) is 25.8 Å². The fourth-order valence-corrected chi connectivity index (χ4v) is 2.52. The Labute approximate surface area is 101 Å². The van der Waals surface area contributed by atoms with Crippen LogP contribution in [0.3, 0.4) is 0 Å². The van der Waals surface area contributed by atoms with Gasteiger partial charge < -0.3 is 11.1 Å². The number of nitrogens with two attached hydrogens (primary N) is 1. The first-order chi connectivity index (χ1) is 7.97. The van der Waals surface area contributed by atoms with Gasteiger partial charge in [0.1, 0.15) is 0 Å². The van der Waals surface area contributed by atoms with E-state index < -0.39 is 12.6 Å². The minimum Gasteiger partial charge on any atom is -0.330 e. The molecule has 0 spiro atoms. The first-order valence-electron chi connectivity index (χ1n) is 6.45. The lowest BCUT2D eigenvalue weighted by Crippen LogP contribution is -2.41. The molecule has 0 atom stereocenters. The van der Waals surface area contributed by atoms with Crippen molar-refractivity contribution >= 4 is 0 Å². The van der Waals surface area contributed by atoms with E-state index in [2.05, 4.69) is 5.32 Å². The smallest absolute Gasteiger partial charge is 0.330 e. The number of hydrogen-bond acceptors (Lipinski definition) is 2. The van der Waals surface area contributed by atoms with Crippen LogP contribution in [0.25, 0.3) is 0 Å². The topological polar surface area (TPSA) is 38.0 Å². The third-order valence-electron chi connectivity index (χ3n) is 3.68. The maximum atomic E-state index is 12.0. The van der Waals surface area contributed by atoms with Crippen molar-refractivity contribution in [2.45, 2.75) is 51.1 Å². The van der Waals surface area contributed by atoms with Crippen LogP contribution in [-0.2, 0) is 0 Å². The Morgan fingerprint density at radius 2 is 1.65 bits per heavy atom. The first kappa shape index (κ1) is 14.8. The summed E-state index contributed by atoms with van der Waals surface area (Å²) in [7, 11) is 0. The van der Waals surface area contributed by atoms with Gasteiger partial charge in [-0.25, -0.2) is 0 Å². The second kappa shape index (κ2) is 6.59. The highest BCUT2D eigenvalue weighted by atomic mass is 19.4. The summed E-state index contributed by atoms with van der Waals surface area (Å²) in [6.45, 7) is 1.21. The van der Waals surface area contributed by atoms with Crippen LogP contribution in [0.5, 0.6) is 0 Å². The van der Waals surface area contributed by atoms with E-state index in [1.54, 1.807) is 0 Å². The normalized spacial score (nSPS) is 21.2. The lowest BCUT2D eigenvalue weighted by atomic mass is 9.80. The zero-order chi connectivity index (χ0) is 12.8. The summed E-state index contributed by atoms with van der Waals surface area (Å²) >= 11 is 0. The summed E-state index contributed by atoms with van der Waals surface area (Å²) in [5.74, 6) is 0. The van der Waals surface area contributed by atoms with Gasteiger partial charge >= 0.3 is 6.18 Å². The predicted molar refractivity (Wildman–Crippen MR) is 62.7 cm³/mol. The van der Waals surface area contributed by atoms with Crippen molar-refractivity contribution in [2.75, 3.05) is 19.6 Å². The highest BCUT2D eigenvalue weighted by Crippen LogP contribution is 2.33. The monoisotopic (exact) mass is 252 g/mol. The maximum absolute atomic E-state index is 12.0. The van der Waals surface area contributed by atoms with E-state index in [-0.39, 0.29) is 12.0 Å². The minimum absolute atomic E-state index is 0.00521. The van der Waals surface area contributed by atoms with Crippen molar-refractivity contribution in [3.63, 3.8) is 0 Å². The summed E-state index contributed by atoms with van der Waals surface area (Å²) in [6.07, 6.45) is 2.02. The molecule has 2 nitrogen and oxygen atoms in total. The molecular weight excluding hydrogens is 229 g/mol. The largest absolute Gasteiger partial charge is 0.390 e. The molecule has 5 heteroatoms. The Kier molecular flexibility index (Phi) is 5.73. The fraction of sp³-hybridized carbons (Fsp3) is 1.00. The number of rotatable bonds is 5. The number of nitrogens with one attached hydrogen (secondary N) is 1. The molecule has 0 amide bonds. The molecule has 1 saturated carbocycles. The number of halogens is 3. The summed E-state index contributed by atoms with van der Waals surface area (Å²) in [6, 6.07) is 0. The lowest BCUT2D eigenvalue weighted by Gasteiger charge is -2.31. The summed E-state index contributed by atoms with van der Waals surface area (Å²) in [5.41, 5.74) is 5.84. The van der Waals surface area contributed by atoms with Crippen molar-refractivity contribution in [1.82, 2.24) is 5.32 Å². The third-order valence-corrected chi connectivity index (χ3v) is 3.68. The number of hydrogen-bond donors (Lipinski definition) is 2. The minimum atomic E-state index is -4.06. The van der Waals surface area contributed by atoms with Crippen LogP contribution in [0.15, 0.2) is 0 Å². The van der Waals surface area contributed by atoms with Crippen molar-refractivity contribution in [2.24, 2.45) is 11.1 Å².